The summed E-state index contributed by atoms with van der Waals surface area (Å²) in [5.41, 5.74) is 6.74. The molecule has 0 fully saturated rings. The summed E-state index contributed by atoms with van der Waals surface area (Å²) in [6.45, 7) is 4.04. The van der Waals surface area contributed by atoms with Crippen molar-refractivity contribution in [2.45, 2.75) is 25.9 Å². The number of hydrogen-bond donors (Lipinski definition) is 2. The molecule has 2 amide bonds. The fraction of sp³-hybridized carbons (Fsp3) is 0.222. The average Bonchev–Trinajstić information content (AvgIpc) is 2.87. The standard InChI is InChI=1S/C18H17BrN2O3/c1-10-11(2)24-16-14(10)4-3-5-15(16)18(23)21-20-17(22)12-6-8-13(19)9-7-12/h3-11H,1-2H3,(H,20,22)(H,21,23). The van der Waals surface area contributed by atoms with Crippen molar-refractivity contribution in [3.8, 4) is 5.75 Å². The number of benzene rings is 2. The van der Waals surface area contributed by atoms with E-state index in [1.165, 1.54) is 0 Å². The summed E-state index contributed by atoms with van der Waals surface area (Å²) < 4.78 is 6.68. The summed E-state index contributed by atoms with van der Waals surface area (Å²) in [5, 5.41) is 0. The Labute approximate surface area is 148 Å². The summed E-state index contributed by atoms with van der Waals surface area (Å²) in [7, 11) is 0. The first kappa shape index (κ1) is 16.5. The van der Waals surface area contributed by atoms with Crippen LogP contribution in [0.15, 0.2) is 46.9 Å². The van der Waals surface area contributed by atoms with Crippen LogP contribution in [0.3, 0.4) is 0 Å². The van der Waals surface area contributed by atoms with Crippen LogP contribution in [0.2, 0.25) is 0 Å². The van der Waals surface area contributed by atoms with E-state index in [1.54, 1.807) is 30.3 Å². The van der Waals surface area contributed by atoms with Gasteiger partial charge >= 0.3 is 0 Å². The lowest BCUT2D eigenvalue weighted by atomic mass is 9.97. The number of ether oxygens (including phenoxy) is 1. The van der Waals surface area contributed by atoms with Crippen LogP contribution in [0, 0.1) is 0 Å². The minimum atomic E-state index is -0.404. The molecule has 6 heteroatoms. The van der Waals surface area contributed by atoms with Gasteiger partial charge in [0.2, 0.25) is 0 Å². The highest BCUT2D eigenvalue weighted by molar-refractivity contribution is 9.10. The zero-order valence-corrected chi connectivity index (χ0v) is 14.9. The van der Waals surface area contributed by atoms with Crippen molar-refractivity contribution in [3.05, 3.63) is 63.6 Å². The number of para-hydroxylation sites is 1. The quantitative estimate of drug-likeness (QED) is 0.774. The summed E-state index contributed by atoms with van der Waals surface area (Å²) in [4.78, 5) is 24.5. The topological polar surface area (TPSA) is 67.4 Å². The Hall–Kier alpha value is -2.34. The number of nitrogens with one attached hydrogen (secondary N) is 2. The third-order valence-electron chi connectivity index (χ3n) is 4.18. The highest BCUT2D eigenvalue weighted by atomic mass is 79.9. The van der Waals surface area contributed by atoms with Gasteiger partial charge in [-0.15, -0.1) is 0 Å². The Morgan fingerprint density at radius 1 is 1.00 bits per heavy atom. The van der Waals surface area contributed by atoms with E-state index < -0.39 is 5.91 Å². The molecule has 2 N–H and O–H groups in total. The van der Waals surface area contributed by atoms with Crippen molar-refractivity contribution in [1.29, 1.82) is 0 Å². The Kier molecular flexibility index (Phi) is 4.57. The SMILES string of the molecule is CC1Oc2c(C(=O)NNC(=O)c3ccc(Br)cc3)cccc2C1C. The van der Waals surface area contributed by atoms with Crippen LogP contribution in [-0.4, -0.2) is 17.9 Å². The van der Waals surface area contributed by atoms with Crippen LogP contribution in [0.1, 0.15) is 46.0 Å². The molecule has 24 heavy (non-hydrogen) atoms. The molecule has 0 spiro atoms. The molecule has 5 nitrogen and oxygen atoms in total. The van der Waals surface area contributed by atoms with E-state index >= 15 is 0 Å². The highest BCUT2D eigenvalue weighted by Gasteiger charge is 2.31. The molecule has 2 aromatic carbocycles. The Morgan fingerprint density at radius 2 is 1.67 bits per heavy atom. The van der Waals surface area contributed by atoms with Crippen LogP contribution >= 0.6 is 15.9 Å². The van der Waals surface area contributed by atoms with Gasteiger partial charge in [0, 0.05) is 21.5 Å². The number of amides is 2. The third kappa shape index (κ3) is 3.14. The lowest BCUT2D eigenvalue weighted by Gasteiger charge is -2.11. The lowest BCUT2D eigenvalue weighted by molar-refractivity contribution is 0.0844. The predicted molar refractivity (Wildman–Crippen MR) is 94.0 cm³/mol. The second-order valence-corrected chi connectivity index (χ2v) is 6.67. The first-order valence-corrected chi connectivity index (χ1v) is 8.42. The first-order chi connectivity index (χ1) is 11.5. The van der Waals surface area contributed by atoms with E-state index in [0.29, 0.717) is 16.9 Å². The number of carbonyl (C=O) groups excluding carboxylic acids is 2. The van der Waals surface area contributed by atoms with Gasteiger partial charge in [0.15, 0.2) is 0 Å². The van der Waals surface area contributed by atoms with Crippen molar-refractivity contribution in [1.82, 2.24) is 10.9 Å². The van der Waals surface area contributed by atoms with Crippen LogP contribution in [0.25, 0.3) is 0 Å². The number of fused-ring (bicyclic) bond motifs is 1. The van der Waals surface area contributed by atoms with Gasteiger partial charge in [-0.05, 0) is 37.3 Å². The highest BCUT2D eigenvalue weighted by Crippen LogP contribution is 2.40. The van der Waals surface area contributed by atoms with Gasteiger partial charge in [-0.3, -0.25) is 20.4 Å². The largest absolute Gasteiger partial charge is 0.489 e. The number of hydrogen-bond acceptors (Lipinski definition) is 3. The van der Waals surface area contributed by atoms with Gasteiger partial charge in [0.1, 0.15) is 11.9 Å². The molecule has 124 valence electrons. The van der Waals surface area contributed by atoms with Crippen molar-refractivity contribution in [2.75, 3.05) is 0 Å². The average molecular weight is 389 g/mol. The van der Waals surface area contributed by atoms with E-state index in [0.717, 1.165) is 10.0 Å². The van der Waals surface area contributed by atoms with E-state index in [4.69, 9.17) is 4.74 Å². The van der Waals surface area contributed by atoms with Gasteiger partial charge in [0.05, 0.1) is 5.56 Å². The van der Waals surface area contributed by atoms with Gasteiger partial charge in [-0.1, -0.05) is 35.0 Å². The lowest BCUT2D eigenvalue weighted by Crippen LogP contribution is -2.41. The number of halogens is 1. The van der Waals surface area contributed by atoms with E-state index in [2.05, 4.69) is 33.7 Å². The summed E-state index contributed by atoms with van der Waals surface area (Å²) in [6, 6.07) is 12.3. The Bertz CT molecular complexity index is 789. The third-order valence-corrected chi connectivity index (χ3v) is 4.71. The van der Waals surface area contributed by atoms with Crippen molar-refractivity contribution in [3.63, 3.8) is 0 Å². The van der Waals surface area contributed by atoms with Crippen LogP contribution in [0.4, 0.5) is 0 Å². The van der Waals surface area contributed by atoms with Gasteiger partial charge in [-0.2, -0.15) is 0 Å². The monoisotopic (exact) mass is 388 g/mol. The zero-order valence-electron chi connectivity index (χ0n) is 13.3. The van der Waals surface area contributed by atoms with Gasteiger partial charge < -0.3 is 4.74 Å². The number of carbonyl (C=O) groups is 2. The minimum Gasteiger partial charge on any atom is -0.489 e. The maximum atomic E-state index is 12.4. The first-order valence-electron chi connectivity index (χ1n) is 7.63. The zero-order chi connectivity index (χ0) is 17.3. The van der Waals surface area contributed by atoms with Crippen molar-refractivity contribution < 1.29 is 14.3 Å². The fourth-order valence-electron chi connectivity index (χ4n) is 2.62. The van der Waals surface area contributed by atoms with Gasteiger partial charge in [0.25, 0.3) is 11.8 Å². The van der Waals surface area contributed by atoms with Crippen molar-refractivity contribution >= 4 is 27.7 Å². The molecule has 0 aromatic heterocycles. The number of rotatable bonds is 2. The van der Waals surface area contributed by atoms with Gasteiger partial charge in [-0.25, -0.2) is 0 Å². The van der Waals surface area contributed by atoms with Crippen LogP contribution < -0.4 is 15.6 Å². The molecule has 0 aliphatic carbocycles. The second kappa shape index (κ2) is 6.65. The maximum absolute atomic E-state index is 12.4. The molecule has 3 rings (SSSR count). The van der Waals surface area contributed by atoms with Crippen LogP contribution in [0.5, 0.6) is 5.75 Å². The smallest absolute Gasteiger partial charge is 0.273 e. The van der Waals surface area contributed by atoms with E-state index in [9.17, 15) is 9.59 Å². The molecule has 2 unspecified atom stereocenters. The van der Waals surface area contributed by atoms with E-state index in [-0.39, 0.29) is 17.9 Å². The Morgan fingerprint density at radius 3 is 2.38 bits per heavy atom. The summed E-state index contributed by atoms with van der Waals surface area (Å²) >= 11 is 3.31. The second-order valence-electron chi connectivity index (χ2n) is 5.75. The molecule has 2 atom stereocenters. The summed E-state index contributed by atoms with van der Waals surface area (Å²) in [6.07, 6.45) is 0.0197. The molecular formula is C18H17BrN2O3. The van der Waals surface area contributed by atoms with Crippen LogP contribution in [-0.2, 0) is 0 Å². The molecule has 0 saturated heterocycles. The molecule has 1 aliphatic rings. The number of hydrazine groups is 1. The molecule has 0 saturated carbocycles. The molecule has 2 aromatic rings. The molecule has 0 bridgehead atoms. The normalized spacial score (nSPS) is 18.5. The summed E-state index contributed by atoms with van der Waals surface area (Å²) in [5.74, 6) is 0.0303. The Balaban J connectivity index is 1.70. The molecule has 1 aliphatic heterocycles. The van der Waals surface area contributed by atoms with E-state index in [1.807, 2.05) is 19.1 Å². The van der Waals surface area contributed by atoms with Crippen molar-refractivity contribution in [2.24, 2.45) is 0 Å². The molecule has 1 heterocycles. The molecule has 0 radical (unpaired) electrons. The molecular weight excluding hydrogens is 372 g/mol. The maximum Gasteiger partial charge on any atom is 0.273 e. The minimum absolute atomic E-state index is 0.0197. The predicted octanol–water partition coefficient (Wildman–Crippen LogP) is 3.41. The fourth-order valence-corrected chi connectivity index (χ4v) is 2.88.